The standard InChI is InChI=1S/C13H21.C12H18.CH4.CH3.I2.HI.2Y/c1-8-9(2)11(4)13(6,7)12(5)10(8)3;1-7-8(2)10(4)12(6)11(5)9(7)3;;;1-2;;;/h1-7H3;1-6H3;1H4;1H3;;1H;;/q-1;;;-1;;;;. The summed E-state index contributed by atoms with van der Waals surface area (Å²) in [6.45, 7) is 29.1. The molecule has 1 aromatic rings. The second-order valence-electron chi connectivity index (χ2n) is 8.50. The zero-order valence-electron chi connectivity index (χ0n) is 22.3. The zero-order valence-corrected chi connectivity index (χ0v) is 34.6. The summed E-state index contributed by atoms with van der Waals surface area (Å²) in [5, 5.41) is 0. The predicted octanol–water partition coefficient (Wildman–Crippen LogP) is 11.3. The van der Waals surface area contributed by atoms with Gasteiger partial charge in [-0.25, -0.2) is 11.5 Å². The molecule has 1 aromatic carbocycles. The molecule has 0 nitrogen and oxygen atoms in total. The van der Waals surface area contributed by atoms with Crippen LogP contribution in [0.5, 0.6) is 0 Å². The third-order valence-corrected chi connectivity index (χ3v) is 7.50. The molecule has 1 aliphatic rings. The van der Waals surface area contributed by atoms with Crippen LogP contribution in [0.15, 0.2) is 22.3 Å². The molecule has 0 heterocycles. The van der Waals surface area contributed by atoms with Crippen molar-refractivity contribution in [3.8, 4) is 0 Å². The first-order valence-electron chi connectivity index (χ1n) is 9.64. The molecule has 32 heavy (non-hydrogen) atoms. The van der Waals surface area contributed by atoms with Gasteiger partial charge >= 0.3 is 0 Å². The van der Waals surface area contributed by atoms with Crippen molar-refractivity contribution in [2.45, 2.75) is 97.4 Å². The van der Waals surface area contributed by atoms with E-state index in [1.54, 1.807) is 0 Å². The maximum atomic E-state index is 2.32. The van der Waals surface area contributed by atoms with E-state index in [0.29, 0.717) is 0 Å². The van der Waals surface area contributed by atoms with Crippen molar-refractivity contribution in [3.63, 3.8) is 0 Å². The molecule has 0 fully saturated rings. The van der Waals surface area contributed by atoms with E-state index in [2.05, 4.69) is 127 Å². The van der Waals surface area contributed by atoms with E-state index in [4.69, 9.17) is 0 Å². The summed E-state index contributed by atoms with van der Waals surface area (Å²) in [5.41, 5.74) is 14.9. The van der Waals surface area contributed by atoms with Gasteiger partial charge < -0.3 is 7.43 Å². The normalized spacial score (nSPS) is 13.4. The fourth-order valence-electron chi connectivity index (χ4n) is 3.75. The van der Waals surface area contributed by atoms with Gasteiger partial charge in [-0.2, -0.15) is 5.57 Å². The maximum Gasteiger partial charge on any atom is 0 e. The maximum absolute atomic E-state index is 2.32. The Hall–Kier alpha value is 2.97. The van der Waals surface area contributed by atoms with E-state index in [9.17, 15) is 0 Å². The Bertz CT molecular complexity index is 656. The Balaban J connectivity index is -0.0000000856. The molecule has 1 aliphatic carbocycles. The van der Waals surface area contributed by atoms with Crippen molar-refractivity contribution in [1.29, 1.82) is 0 Å². The van der Waals surface area contributed by atoms with Crippen LogP contribution in [0, 0.1) is 60.3 Å². The molecule has 2 radical (unpaired) electrons. The van der Waals surface area contributed by atoms with E-state index in [1.165, 1.54) is 61.6 Å². The summed E-state index contributed by atoms with van der Waals surface area (Å²) in [6.07, 6.45) is 0. The van der Waals surface area contributed by atoms with Crippen molar-refractivity contribution in [2.75, 3.05) is 0 Å². The van der Waals surface area contributed by atoms with Crippen LogP contribution in [0.4, 0.5) is 0 Å². The summed E-state index contributed by atoms with van der Waals surface area (Å²) < 4.78 is 0. The van der Waals surface area contributed by atoms with Crippen LogP contribution in [0.25, 0.3) is 0 Å². The minimum atomic E-state index is 0. The van der Waals surface area contributed by atoms with Crippen molar-refractivity contribution < 1.29 is 65.4 Å². The van der Waals surface area contributed by atoms with Crippen molar-refractivity contribution in [1.82, 2.24) is 0 Å². The van der Waals surface area contributed by atoms with Crippen LogP contribution in [0.2, 0.25) is 0 Å². The summed E-state index contributed by atoms with van der Waals surface area (Å²) in [7, 11) is 0. The van der Waals surface area contributed by atoms with E-state index < -0.39 is 0 Å². The molecule has 0 bridgehead atoms. The van der Waals surface area contributed by atoms with E-state index >= 15 is 0 Å². The van der Waals surface area contributed by atoms with Gasteiger partial charge in [0.05, 0.1) is 0 Å². The Morgan fingerprint density at radius 1 is 0.594 bits per heavy atom. The second kappa shape index (κ2) is 21.0. The fourth-order valence-corrected chi connectivity index (χ4v) is 3.75. The molecule has 0 spiro atoms. The predicted molar refractivity (Wildman–Crippen MR) is 171 cm³/mol. The Morgan fingerprint density at radius 2 is 0.812 bits per heavy atom. The van der Waals surface area contributed by atoms with Gasteiger partial charge in [-0.3, -0.25) is 0 Å². The van der Waals surface area contributed by atoms with Crippen molar-refractivity contribution in [3.05, 3.63) is 69.0 Å². The number of allylic oxidation sites excluding steroid dienone is 4. The first-order valence-corrected chi connectivity index (χ1v) is 15.9. The number of hydrogen-bond acceptors (Lipinski definition) is 0. The van der Waals surface area contributed by atoms with Gasteiger partial charge in [-0.15, -0.1) is 43.4 Å². The molecule has 0 saturated carbocycles. The number of hydrogen-bond donors (Lipinski definition) is 0. The summed E-state index contributed by atoms with van der Waals surface area (Å²) >= 11 is 4.24. The number of rotatable bonds is 0. The van der Waals surface area contributed by atoms with E-state index in [-0.39, 0.29) is 110 Å². The van der Waals surface area contributed by atoms with E-state index in [0.717, 1.165) is 0 Å². The van der Waals surface area contributed by atoms with Gasteiger partial charge in [0.15, 0.2) is 0 Å². The Labute approximate surface area is 293 Å². The molecule has 0 unspecified atom stereocenters. The molecule has 2 rings (SSSR count). The van der Waals surface area contributed by atoms with Crippen LogP contribution in [-0.4, -0.2) is 0 Å². The Morgan fingerprint density at radius 3 is 1.03 bits per heavy atom. The second-order valence-corrected chi connectivity index (χ2v) is 8.50. The molecule has 0 amide bonds. The first kappa shape index (κ1) is 48.1. The topological polar surface area (TPSA) is 0 Å². The number of benzene rings is 1. The molecular formula is C27H47I3Y2-2. The quantitative estimate of drug-likeness (QED) is 0.180. The molecule has 0 N–H and O–H groups in total. The van der Waals surface area contributed by atoms with Crippen LogP contribution in [0.3, 0.4) is 0 Å². The van der Waals surface area contributed by atoms with Crippen LogP contribution >= 0.6 is 61.2 Å². The van der Waals surface area contributed by atoms with Crippen LogP contribution < -0.4 is 0 Å². The smallest absolute Gasteiger partial charge is 0 e. The van der Waals surface area contributed by atoms with Crippen LogP contribution in [-0.2, 0) is 65.4 Å². The molecule has 5 heteroatoms. The van der Waals surface area contributed by atoms with Crippen molar-refractivity contribution in [2.24, 2.45) is 5.41 Å². The van der Waals surface area contributed by atoms with Gasteiger partial charge in [0.1, 0.15) is 0 Å². The summed E-state index contributed by atoms with van der Waals surface area (Å²) in [6, 6.07) is 0. The minimum absolute atomic E-state index is 0. The van der Waals surface area contributed by atoms with E-state index in [1.807, 2.05) is 0 Å². The average molecular weight is 930 g/mol. The average Bonchev–Trinajstić information content (AvgIpc) is 2.67. The summed E-state index contributed by atoms with van der Waals surface area (Å²) in [4.78, 5) is 0. The molecule has 0 atom stereocenters. The molecule has 0 aromatic heterocycles. The Kier molecular flexibility index (Phi) is 31.5. The van der Waals surface area contributed by atoms with Gasteiger partial charge in [0, 0.05) is 103 Å². The van der Waals surface area contributed by atoms with Gasteiger partial charge in [0.25, 0.3) is 0 Å². The van der Waals surface area contributed by atoms with Crippen molar-refractivity contribution >= 4 is 61.2 Å². The van der Waals surface area contributed by atoms with Gasteiger partial charge in [-0.05, 0) is 81.8 Å². The largest absolute Gasteiger partial charge is 0.358 e. The SMILES string of the molecule is C.CC1=C(C)[C-](C)C(C)(C)C(C)=C1C.Cc1c(C)c(C)c(C)c(C)c1C.I.II.[CH3-].[Y].[Y]. The van der Waals surface area contributed by atoms with Crippen LogP contribution in [0.1, 0.15) is 89.3 Å². The molecule has 0 aliphatic heterocycles. The molecule has 184 valence electrons. The molecule has 0 saturated heterocycles. The minimum Gasteiger partial charge on any atom is -0.358 e. The van der Waals surface area contributed by atoms with Gasteiger partial charge in [0.2, 0.25) is 0 Å². The monoisotopic (exact) mass is 930 g/mol. The number of halogens is 3. The first-order chi connectivity index (χ1) is 12.3. The molecular weight excluding hydrogens is 883 g/mol. The third kappa shape index (κ3) is 11.2. The third-order valence-electron chi connectivity index (χ3n) is 7.50. The fraction of sp³-hybridized carbons (Fsp3) is 0.556. The zero-order chi connectivity index (χ0) is 21.9. The summed E-state index contributed by atoms with van der Waals surface area (Å²) in [5.74, 6) is 1.52. The van der Waals surface area contributed by atoms with Gasteiger partial charge in [-0.1, -0.05) is 46.1 Å².